The van der Waals surface area contributed by atoms with E-state index in [1.54, 1.807) is 0 Å². The Labute approximate surface area is 417 Å². The van der Waals surface area contributed by atoms with Gasteiger partial charge in [0, 0.05) is 43.6 Å². The second-order valence-corrected chi connectivity index (χ2v) is 15.8. The van der Waals surface area contributed by atoms with Crippen molar-refractivity contribution in [2.75, 3.05) is 65.9 Å². The number of urea groups is 2. The predicted octanol–water partition coefficient (Wildman–Crippen LogP) is -1.27. The Morgan fingerprint density at radius 1 is 0.521 bits per heavy atom. The number of nitrogens with one attached hydrogen (secondary N) is 6. The molecule has 406 valence electrons. The highest BCUT2D eigenvalue weighted by atomic mass is 16.6. The summed E-state index contributed by atoms with van der Waals surface area (Å²) in [6.07, 6.45) is -0.0465. The quantitative estimate of drug-likeness (QED) is 0.0346. The molecule has 1 aromatic heterocycles. The summed E-state index contributed by atoms with van der Waals surface area (Å²) in [7, 11) is 0. The van der Waals surface area contributed by atoms with Crippen LogP contribution in [0.5, 0.6) is 0 Å². The van der Waals surface area contributed by atoms with Gasteiger partial charge in [-0.3, -0.25) is 19.2 Å². The highest BCUT2D eigenvalue weighted by Gasteiger charge is 2.27. The molecule has 14 N–H and O–H groups in total. The predicted molar refractivity (Wildman–Crippen MR) is 248 cm³/mol. The number of nitrogens with two attached hydrogens (primary N) is 1. The Morgan fingerprint density at radius 3 is 1.29 bits per heavy atom. The molecule has 0 aliphatic rings. The van der Waals surface area contributed by atoms with E-state index in [1.165, 1.54) is 29.1 Å². The molecule has 2 aromatic rings. The number of carbonyl (C=O) groups excluding carboxylic acids is 4. The monoisotopic (exact) mass is 1040 g/mol. The van der Waals surface area contributed by atoms with E-state index >= 15 is 0 Å². The maximum atomic E-state index is 13.5. The molecule has 30 heteroatoms. The van der Waals surface area contributed by atoms with E-state index < -0.39 is 110 Å². The molecule has 0 saturated heterocycles. The third kappa shape index (κ3) is 26.5. The highest BCUT2D eigenvalue weighted by Crippen LogP contribution is 2.16. The van der Waals surface area contributed by atoms with Crippen LogP contribution in [0.1, 0.15) is 90.6 Å². The van der Waals surface area contributed by atoms with Crippen molar-refractivity contribution in [2.24, 2.45) is 5.73 Å². The van der Waals surface area contributed by atoms with Crippen molar-refractivity contribution in [1.29, 1.82) is 0 Å². The number of ether oxygens (including phenoxy) is 4. The molecule has 0 aliphatic heterocycles. The minimum Gasteiger partial charge on any atom is -0.481 e. The van der Waals surface area contributed by atoms with E-state index in [1.807, 2.05) is 10.6 Å². The summed E-state index contributed by atoms with van der Waals surface area (Å²) >= 11 is 0. The summed E-state index contributed by atoms with van der Waals surface area (Å²) in [5.41, 5.74) is 5.98. The van der Waals surface area contributed by atoms with Gasteiger partial charge in [0.15, 0.2) is 0 Å². The fourth-order valence-corrected chi connectivity index (χ4v) is 6.25. The van der Waals surface area contributed by atoms with Crippen LogP contribution in [-0.4, -0.2) is 195 Å². The number of aliphatic carboxylic acids is 6. The second-order valence-electron chi connectivity index (χ2n) is 15.8. The number of hydrogen-bond donors (Lipinski definition) is 13. The number of aromatic nitrogens is 3. The third-order valence-electron chi connectivity index (χ3n) is 9.99. The molecule has 0 bridgehead atoms. The van der Waals surface area contributed by atoms with Gasteiger partial charge in [-0.25, -0.2) is 33.4 Å². The molecule has 30 nitrogen and oxygen atoms in total. The fraction of sp³-hybridized carbons (Fsp3) is 0.581. The first kappa shape index (κ1) is 61.6. The van der Waals surface area contributed by atoms with E-state index in [2.05, 4.69) is 31.6 Å². The van der Waals surface area contributed by atoms with Gasteiger partial charge in [-0.15, -0.1) is 5.10 Å². The lowest BCUT2D eigenvalue weighted by atomic mass is 10.1. The smallest absolute Gasteiger partial charge is 0.326 e. The maximum Gasteiger partial charge on any atom is 0.326 e. The van der Waals surface area contributed by atoms with Crippen molar-refractivity contribution >= 4 is 59.7 Å². The van der Waals surface area contributed by atoms with Crippen molar-refractivity contribution in [3.05, 3.63) is 41.2 Å². The van der Waals surface area contributed by atoms with E-state index in [0.717, 1.165) is 0 Å². The Morgan fingerprint density at radius 2 is 0.904 bits per heavy atom. The molecular weight excluding hydrogens is 977 g/mol. The summed E-state index contributed by atoms with van der Waals surface area (Å²) in [4.78, 5) is 120. The van der Waals surface area contributed by atoms with E-state index in [0.29, 0.717) is 45.3 Å². The van der Waals surface area contributed by atoms with Crippen LogP contribution in [0, 0.1) is 0 Å². The van der Waals surface area contributed by atoms with Crippen molar-refractivity contribution in [1.82, 2.24) is 46.9 Å². The lowest BCUT2D eigenvalue weighted by Gasteiger charge is -2.18. The molecular formula is C43H64N10O20. The molecule has 0 spiro atoms. The molecule has 73 heavy (non-hydrogen) atoms. The minimum atomic E-state index is -1.59. The minimum absolute atomic E-state index is 0.000421. The van der Waals surface area contributed by atoms with Gasteiger partial charge in [0.2, 0.25) is 0 Å². The van der Waals surface area contributed by atoms with Crippen molar-refractivity contribution < 1.29 is 97.5 Å². The van der Waals surface area contributed by atoms with Crippen LogP contribution in [0.25, 0.3) is 5.69 Å². The normalized spacial score (nSPS) is 12.6. The van der Waals surface area contributed by atoms with Crippen LogP contribution in [0.3, 0.4) is 0 Å². The number of hydrogen-bond acceptors (Lipinski definition) is 17. The zero-order valence-corrected chi connectivity index (χ0v) is 39.8. The number of rotatable bonds is 40. The molecule has 0 fully saturated rings. The van der Waals surface area contributed by atoms with E-state index in [-0.39, 0.29) is 88.2 Å². The van der Waals surface area contributed by atoms with E-state index in [4.69, 9.17) is 34.9 Å². The Balaban J connectivity index is 2.08. The molecule has 0 aliphatic carbocycles. The molecule has 1 heterocycles. The number of carboxylic acids is 6. The number of nitrogens with zero attached hydrogens (tertiary/aromatic N) is 3. The summed E-state index contributed by atoms with van der Waals surface area (Å²) in [5, 5.41) is 77.4. The highest BCUT2D eigenvalue weighted by molar-refractivity contribution is 6.00. The maximum absolute atomic E-state index is 13.5. The number of amides is 6. The zero-order chi connectivity index (χ0) is 54.1. The Bertz CT molecular complexity index is 2030. The molecule has 4 atom stereocenters. The van der Waals surface area contributed by atoms with Gasteiger partial charge in [0.1, 0.15) is 29.9 Å². The second kappa shape index (κ2) is 34.7. The molecule has 0 radical (unpaired) electrons. The van der Waals surface area contributed by atoms with Gasteiger partial charge in [0.05, 0.1) is 64.7 Å². The lowest BCUT2D eigenvalue weighted by Crippen LogP contribution is -2.51. The van der Waals surface area contributed by atoms with Crippen LogP contribution >= 0.6 is 0 Å². The average molecular weight is 1040 g/mol. The molecule has 1 aromatic carbocycles. The first-order valence-electron chi connectivity index (χ1n) is 22.9. The van der Waals surface area contributed by atoms with E-state index in [9.17, 15) is 68.4 Å². The first-order chi connectivity index (χ1) is 34.8. The number of carboxylic acid groups (broad SMARTS) is 6. The average Bonchev–Trinajstić information content (AvgIpc) is 3.81. The molecule has 0 saturated carbocycles. The summed E-state index contributed by atoms with van der Waals surface area (Å²) in [6, 6.07) is -4.22. The van der Waals surface area contributed by atoms with Crippen LogP contribution in [0.2, 0.25) is 0 Å². The van der Waals surface area contributed by atoms with Crippen LogP contribution in [-0.2, 0) is 54.3 Å². The summed E-state index contributed by atoms with van der Waals surface area (Å²) in [6.45, 7) is 2.89. The van der Waals surface area contributed by atoms with Crippen molar-refractivity contribution in [3.63, 3.8) is 0 Å². The third-order valence-corrected chi connectivity index (χ3v) is 9.99. The standard InChI is InChI=1S/C43H64N10O20/c44-11-14-70-15-16-71-17-18-72-19-20-73-25-28-24-53(52-51-28)29-22-26(36(58)45-12-3-1-5-30(38(60)61)47-42(68)49-32(40(64)65)7-9-34(54)55)21-27(23-29)37(59)46-13-4-2-6-31(39(62)63)48-43(69)50-33(41(66)67)8-10-35(56)57/h21-24,30-33H,1-20,25,44H2,(H,45,58)(H,46,59)(H,54,55)(H,56,57)(H,60,61)(H,62,63)(H,64,65)(H,66,67)(H2,47,49,68)(H2,48,50,69)/t30?,31?,32-,33-/m0/s1. The molecule has 6 amide bonds. The van der Waals surface area contributed by atoms with Crippen LogP contribution < -0.4 is 37.6 Å². The van der Waals surface area contributed by atoms with Crippen LogP contribution in [0.4, 0.5) is 9.59 Å². The summed E-state index contributed by atoms with van der Waals surface area (Å²) < 4.78 is 23.0. The van der Waals surface area contributed by atoms with Gasteiger partial charge >= 0.3 is 47.9 Å². The topological polar surface area (TPSA) is 458 Å². The largest absolute Gasteiger partial charge is 0.481 e. The zero-order valence-electron chi connectivity index (χ0n) is 39.8. The number of benzene rings is 1. The molecule has 2 rings (SSSR count). The van der Waals surface area contributed by atoms with Gasteiger partial charge in [-0.2, -0.15) is 0 Å². The number of unbranched alkanes of at least 4 members (excludes halogenated alkanes) is 2. The Kier molecular flexibility index (Phi) is 29.3. The lowest BCUT2D eigenvalue weighted by molar-refractivity contribution is -0.142. The Hall–Kier alpha value is -7.54. The van der Waals surface area contributed by atoms with Crippen molar-refractivity contribution in [2.45, 2.75) is 95.0 Å². The molecule has 2 unspecified atom stereocenters. The first-order valence-corrected chi connectivity index (χ1v) is 22.9. The van der Waals surface area contributed by atoms with Gasteiger partial charge < -0.3 is 87.2 Å². The van der Waals surface area contributed by atoms with Crippen LogP contribution in [0.15, 0.2) is 24.4 Å². The fourth-order valence-electron chi connectivity index (χ4n) is 6.25. The van der Waals surface area contributed by atoms with Gasteiger partial charge in [-0.05, 0) is 69.6 Å². The SMILES string of the molecule is NCCOCCOCCOCCOCc1cn(-c2cc(C(=O)NCCCCC(NC(=O)N[C@@H](CCC(=O)O)C(=O)O)C(=O)O)cc(C(=O)NCCCCC(NC(=O)N[C@@H](CCC(=O)O)C(=O)O)C(=O)O)c2)nn1. The van der Waals surface area contributed by atoms with Gasteiger partial charge in [-0.1, -0.05) is 5.21 Å². The number of carbonyl (C=O) groups is 10. The van der Waals surface area contributed by atoms with Gasteiger partial charge in [0.25, 0.3) is 11.8 Å². The van der Waals surface area contributed by atoms with Crippen molar-refractivity contribution in [3.8, 4) is 5.69 Å². The summed E-state index contributed by atoms with van der Waals surface area (Å²) in [5.74, 6) is -9.77.